The molecule has 2 atom stereocenters. The first-order valence-corrected chi connectivity index (χ1v) is 5.76. The van der Waals surface area contributed by atoms with Crippen molar-refractivity contribution in [1.29, 1.82) is 0 Å². The van der Waals surface area contributed by atoms with E-state index in [9.17, 15) is 19.0 Å². The Hall–Kier alpha value is -1.24. The van der Waals surface area contributed by atoms with Crippen LogP contribution in [-0.2, 0) is 6.54 Å². The van der Waals surface area contributed by atoms with Crippen LogP contribution in [0.15, 0.2) is 12.1 Å². The molecule has 0 amide bonds. The van der Waals surface area contributed by atoms with E-state index >= 15 is 0 Å². The molecule has 18 heavy (non-hydrogen) atoms. The Bertz CT molecular complexity index is 409. The number of aliphatic hydroxyl groups is 2. The normalized spacial score (nSPS) is 23.7. The van der Waals surface area contributed by atoms with Gasteiger partial charge >= 0.3 is 0 Å². The topological polar surface area (TPSA) is 55.7 Å². The Morgan fingerprint density at radius 1 is 1.22 bits per heavy atom. The van der Waals surface area contributed by atoms with Crippen LogP contribution < -0.4 is 10.2 Å². The molecule has 6 heteroatoms. The highest BCUT2D eigenvalue weighted by molar-refractivity contribution is 5.52. The fourth-order valence-electron chi connectivity index (χ4n) is 2.18. The molecule has 0 saturated carbocycles. The average molecular weight is 258 g/mol. The fraction of sp³-hybridized carbons (Fsp3) is 0.500. The quantitative estimate of drug-likeness (QED) is 0.726. The molecular formula is C12H16F2N2O2. The van der Waals surface area contributed by atoms with Gasteiger partial charge in [0, 0.05) is 19.6 Å². The largest absolute Gasteiger partial charge is 0.389 e. The van der Waals surface area contributed by atoms with E-state index in [0.717, 1.165) is 0 Å². The molecule has 100 valence electrons. The van der Waals surface area contributed by atoms with Crippen LogP contribution in [0.4, 0.5) is 14.5 Å². The summed E-state index contributed by atoms with van der Waals surface area (Å²) in [4.78, 5) is 1.32. The molecule has 0 radical (unpaired) electrons. The van der Waals surface area contributed by atoms with Crippen LogP contribution in [-0.4, -0.2) is 42.6 Å². The van der Waals surface area contributed by atoms with E-state index in [2.05, 4.69) is 5.32 Å². The van der Waals surface area contributed by atoms with Gasteiger partial charge in [0.2, 0.25) is 0 Å². The zero-order chi connectivity index (χ0) is 13.3. The number of anilines is 1. The summed E-state index contributed by atoms with van der Waals surface area (Å²) in [6.45, 7) is 0.431. The van der Waals surface area contributed by atoms with Gasteiger partial charge in [-0.3, -0.25) is 0 Å². The molecule has 3 N–H and O–H groups in total. The number of aliphatic hydroxyl groups excluding tert-OH is 2. The van der Waals surface area contributed by atoms with Crippen LogP contribution in [0.3, 0.4) is 0 Å². The van der Waals surface area contributed by atoms with Gasteiger partial charge in [-0.25, -0.2) is 8.78 Å². The van der Waals surface area contributed by atoms with Gasteiger partial charge in [0.25, 0.3) is 0 Å². The highest BCUT2D eigenvalue weighted by Gasteiger charge is 2.32. The molecule has 1 fully saturated rings. The first-order chi connectivity index (χ1) is 8.52. The van der Waals surface area contributed by atoms with Gasteiger partial charge in [-0.05, 0) is 24.7 Å². The van der Waals surface area contributed by atoms with Crippen molar-refractivity contribution >= 4 is 5.69 Å². The number of hydrogen-bond donors (Lipinski definition) is 3. The Labute approximate surface area is 104 Å². The summed E-state index contributed by atoms with van der Waals surface area (Å²) in [5.41, 5.74) is 0.321. The molecule has 2 rings (SSSR count). The van der Waals surface area contributed by atoms with Crippen LogP contribution >= 0.6 is 0 Å². The maximum atomic E-state index is 13.9. The van der Waals surface area contributed by atoms with Crippen molar-refractivity contribution < 1.29 is 19.0 Å². The van der Waals surface area contributed by atoms with Crippen LogP contribution in [0.25, 0.3) is 0 Å². The zero-order valence-corrected chi connectivity index (χ0v) is 10.0. The standard InChI is InChI=1S/C12H16F2N2O2/c1-15-4-7-2-8(13)12(9(14)3-7)16-5-10(17)11(18)6-16/h2-3,10-11,15,17-18H,4-6H2,1H3. The number of benzene rings is 1. The van der Waals surface area contributed by atoms with E-state index in [-0.39, 0.29) is 18.8 Å². The molecule has 1 heterocycles. The van der Waals surface area contributed by atoms with Crippen molar-refractivity contribution in [3.05, 3.63) is 29.3 Å². The second kappa shape index (κ2) is 5.17. The van der Waals surface area contributed by atoms with Crippen LogP contribution in [0.1, 0.15) is 5.56 Å². The third kappa shape index (κ3) is 2.45. The third-order valence-corrected chi connectivity index (χ3v) is 3.03. The first-order valence-electron chi connectivity index (χ1n) is 5.76. The minimum absolute atomic E-state index is 0.0282. The zero-order valence-electron chi connectivity index (χ0n) is 10.0. The van der Waals surface area contributed by atoms with E-state index in [1.807, 2.05) is 0 Å². The lowest BCUT2D eigenvalue weighted by molar-refractivity contribution is 0.0572. The minimum Gasteiger partial charge on any atom is -0.389 e. The Morgan fingerprint density at radius 3 is 2.17 bits per heavy atom. The van der Waals surface area contributed by atoms with E-state index in [4.69, 9.17) is 0 Å². The maximum absolute atomic E-state index is 13.9. The second-order valence-corrected chi connectivity index (χ2v) is 4.48. The average Bonchev–Trinajstić information content (AvgIpc) is 2.58. The molecule has 1 saturated heterocycles. The molecule has 4 nitrogen and oxygen atoms in total. The van der Waals surface area contributed by atoms with Gasteiger partial charge in [0.05, 0.1) is 12.2 Å². The Morgan fingerprint density at radius 2 is 1.72 bits per heavy atom. The molecular weight excluding hydrogens is 242 g/mol. The SMILES string of the molecule is CNCc1cc(F)c(N2CC(O)C(O)C2)c(F)c1. The molecule has 1 aromatic rings. The molecule has 0 aromatic heterocycles. The predicted octanol–water partition coefficient (Wildman–Crippen LogP) is 0.226. The van der Waals surface area contributed by atoms with E-state index in [1.54, 1.807) is 7.05 Å². The molecule has 1 aromatic carbocycles. The van der Waals surface area contributed by atoms with Gasteiger partial charge < -0.3 is 20.4 Å². The number of β-amino-alcohol motifs (C(OH)–C–C–N with tert-alkyl or cyclic N) is 2. The van der Waals surface area contributed by atoms with Gasteiger partial charge in [-0.1, -0.05) is 0 Å². The molecule has 1 aliphatic rings. The number of nitrogens with one attached hydrogen (secondary N) is 1. The predicted molar refractivity (Wildman–Crippen MR) is 63.3 cm³/mol. The molecule has 0 spiro atoms. The summed E-state index contributed by atoms with van der Waals surface area (Å²) in [6, 6.07) is 2.51. The summed E-state index contributed by atoms with van der Waals surface area (Å²) in [5.74, 6) is -1.36. The van der Waals surface area contributed by atoms with Gasteiger partial charge in [-0.15, -0.1) is 0 Å². The third-order valence-electron chi connectivity index (χ3n) is 3.03. The lowest BCUT2D eigenvalue weighted by atomic mass is 10.1. The Balaban J connectivity index is 2.29. The van der Waals surface area contributed by atoms with Crippen LogP contribution in [0.2, 0.25) is 0 Å². The molecule has 0 aliphatic carbocycles. The smallest absolute Gasteiger partial charge is 0.149 e. The van der Waals surface area contributed by atoms with E-state index in [0.29, 0.717) is 12.1 Å². The summed E-state index contributed by atoms with van der Waals surface area (Å²) in [7, 11) is 1.69. The minimum atomic E-state index is -0.971. The summed E-state index contributed by atoms with van der Waals surface area (Å²) in [5, 5.41) is 21.6. The van der Waals surface area contributed by atoms with Crippen molar-refractivity contribution in [1.82, 2.24) is 5.32 Å². The molecule has 0 bridgehead atoms. The Kier molecular flexibility index (Phi) is 3.79. The highest BCUT2D eigenvalue weighted by atomic mass is 19.1. The van der Waals surface area contributed by atoms with Crippen molar-refractivity contribution in [3.8, 4) is 0 Å². The van der Waals surface area contributed by atoms with Crippen LogP contribution in [0, 0.1) is 11.6 Å². The van der Waals surface area contributed by atoms with Crippen molar-refractivity contribution in [3.63, 3.8) is 0 Å². The number of hydrogen-bond acceptors (Lipinski definition) is 4. The van der Waals surface area contributed by atoms with E-state index in [1.165, 1.54) is 17.0 Å². The lowest BCUT2D eigenvalue weighted by Gasteiger charge is -2.19. The van der Waals surface area contributed by atoms with Gasteiger partial charge in [-0.2, -0.15) is 0 Å². The number of halogens is 2. The number of nitrogens with zero attached hydrogens (tertiary/aromatic N) is 1. The summed E-state index contributed by atoms with van der Waals surface area (Å²) < 4.78 is 27.7. The molecule has 1 aliphatic heterocycles. The fourth-order valence-corrected chi connectivity index (χ4v) is 2.18. The summed E-state index contributed by atoms with van der Waals surface area (Å²) in [6.07, 6.45) is -1.94. The van der Waals surface area contributed by atoms with Gasteiger partial charge in [0.1, 0.15) is 17.3 Å². The molecule has 2 unspecified atom stereocenters. The van der Waals surface area contributed by atoms with Crippen LogP contribution in [0.5, 0.6) is 0 Å². The summed E-state index contributed by atoms with van der Waals surface area (Å²) >= 11 is 0. The van der Waals surface area contributed by atoms with Crippen molar-refractivity contribution in [2.75, 3.05) is 25.0 Å². The lowest BCUT2D eigenvalue weighted by Crippen LogP contribution is -2.23. The monoisotopic (exact) mass is 258 g/mol. The van der Waals surface area contributed by atoms with Gasteiger partial charge in [0.15, 0.2) is 0 Å². The first kappa shape index (κ1) is 13.2. The second-order valence-electron chi connectivity index (χ2n) is 4.48. The van der Waals surface area contributed by atoms with Crippen molar-refractivity contribution in [2.45, 2.75) is 18.8 Å². The van der Waals surface area contributed by atoms with Crippen molar-refractivity contribution in [2.24, 2.45) is 0 Å². The maximum Gasteiger partial charge on any atom is 0.149 e. The highest BCUT2D eigenvalue weighted by Crippen LogP contribution is 2.28. The number of rotatable bonds is 3. The van der Waals surface area contributed by atoms with E-state index < -0.39 is 23.8 Å².